The summed E-state index contributed by atoms with van der Waals surface area (Å²) in [6.45, 7) is 7.81. The van der Waals surface area contributed by atoms with Crippen molar-refractivity contribution in [2.24, 2.45) is 4.99 Å². The number of aliphatic imine (C=N–C) groups is 1. The molecule has 0 aliphatic carbocycles. The van der Waals surface area contributed by atoms with Gasteiger partial charge in [-0.1, -0.05) is 6.07 Å². The summed E-state index contributed by atoms with van der Waals surface area (Å²) in [4.78, 5) is 8.18. The van der Waals surface area contributed by atoms with Crippen LogP contribution in [-0.4, -0.2) is 65.5 Å². The molecule has 3 heterocycles. The second-order valence-electron chi connectivity index (χ2n) is 6.02. The quantitative estimate of drug-likeness (QED) is 0.339. The van der Waals surface area contributed by atoms with E-state index in [9.17, 15) is 0 Å². The molecular weight excluding hydrogens is 477 g/mol. The van der Waals surface area contributed by atoms with E-state index in [1.807, 2.05) is 4.57 Å². The fourth-order valence-electron chi connectivity index (χ4n) is 3.04. The lowest BCUT2D eigenvalue weighted by Gasteiger charge is -2.34. The molecular formula is C17H28IN7OS. The summed E-state index contributed by atoms with van der Waals surface area (Å²) in [6.07, 6.45) is 1.75. The maximum Gasteiger partial charge on any atom is 0.191 e. The number of hydrogen-bond acceptors (Lipinski definition) is 6. The number of morpholine rings is 1. The van der Waals surface area contributed by atoms with Crippen LogP contribution in [0.4, 0.5) is 0 Å². The van der Waals surface area contributed by atoms with Gasteiger partial charge in [0.05, 0.1) is 25.8 Å². The fraction of sp³-hybridized carbons (Fsp3) is 0.588. The predicted molar refractivity (Wildman–Crippen MR) is 119 cm³/mol. The molecule has 2 N–H and O–H groups in total. The van der Waals surface area contributed by atoms with Gasteiger partial charge >= 0.3 is 0 Å². The van der Waals surface area contributed by atoms with Gasteiger partial charge in [0.15, 0.2) is 11.8 Å². The Kier molecular flexibility index (Phi) is 9.45. The van der Waals surface area contributed by atoms with E-state index >= 15 is 0 Å². The highest BCUT2D eigenvalue weighted by molar-refractivity contribution is 14.0. The van der Waals surface area contributed by atoms with E-state index in [4.69, 9.17) is 4.74 Å². The summed E-state index contributed by atoms with van der Waals surface area (Å²) in [6, 6.07) is 4.63. The molecule has 0 radical (unpaired) electrons. The van der Waals surface area contributed by atoms with Crippen molar-refractivity contribution in [2.45, 2.75) is 26.1 Å². The second kappa shape index (κ2) is 11.6. The van der Waals surface area contributed by atoms with E-state index in [0.29, 0.717) is 12.6 Å². The fourth-order valence-corrected chi connectivity index (χ4v) is 3.90. The zero-order valence-corrected chi connectivity index (χ0v) is 18.9. The molecule has 1 unspecified atom stereocenters. The number of thiophene rings is 1. The molecule has 1 atom stereocenters. The van der Waals surface area contributed by atoms with Crippen molar-refractivity contribution in [3.05, 3.63) is 34.5 Å². The number of hydrogen-bond donors (Lipinski definition) is 2. The molecule has 1 aliphatic rings. The monoisotopic (exact) mass is 505 g/mol. The van der Waals surface area contributed by atoms with Crippen LogP contribution < -0.4 is 10.6 Å². The first-order chi connectivity index (χ1) is 12.8. The van der Waals surface area contributed by atoms with Gasteiger partial charge in [-0.15, -0.1) is 45.5 Å². The smallest absolute Gasteiger partial charge is 0.191 e. The summed E-state index contributed by atoms with van der Waals surface area (Å²) in [5.41, 5.74) is 0. The molecule has 2 aromatic heterocycles. The van der Waals surface area contributed by atoms with Gasteiger partial charge in [-0.3, -0.25) is 9.89 Å². The number of halogens is 1. The minimum atomic E-state index is 0. The minimum absolute atomic E-state index is 0. The molecule has 27 heavy (non-hydrogen) atoms. The highest BCUT2D eigenvalue weighted by Crippen LogP contribution is 2.25. The number of aryl methyl sites for hydroxylation is 1. The van der Waals surface area contributed by atoms with Gasteiger partial charge in [0.1, 0.15) is 6.33 Å². The van der Waals surface area contributed by atoms with Crippen molar-refractivity contribution < 1.29 is 4.74 Å². The Morgan fingerprint density at radius 1 is 1.37 bits per heavy atom. The number of aromatic nitrogens is 3. The van der Waals surface area contributed by atoms with Crippen LogP contribution in [0.3, 0.4) is 0 Å². The van der Waals surface area contributed by atoms with Gasteiger partial charge in [-0.25, -0.2) is 0 Å². The Morgan fingerprint density at radius 3 is 2.85 bits per heavy atom. The number of rotatable bonds is 7. The molecule has 0 spiro atoms. The van der Waals surface area contributed by atoms with Gasteiger partial charge in [-0.2, -0.15) is 0 Å². The first-order valence-electron chi connectivity index (χ1n) is 8.98. The Bertz CT molecular complexity index is 685. The van der Waals surface area contributed by atoms with Crippen LogP contribution in [0.15, 0.2) is 28.8 Å². The average molecular weight is 505 g/mol. The molecule has 10 heteroatoms. The van der Waals surface area contributed by atoms with E-state index in [2.05, 4.69) is 55.2 Å². The molecule has 1 aliphatic heterocycles. The van der Waals surface area contributed by atoms with Gasteiger partial charge < -0.3 is 19.9 Å². The molecule has 0 amide bonds. The Morgan fingerprint density at radius 2 is 2.19 bits per heavy atom. The predicted octanol–water partition coefficient (Wildman–Crippen LogP) is 1.72. The Hall–Kier alpha value is -1.24. The number of guanidine groups is 1. The molecule has 150 valence electrons. The normalized spacial score (nSPS) is 16.6. The maximum atomic E-state index is 5.51. The van der Waals surface area contributed by atoms with Crippen molar-refractivity contribution >= 4 is 41.3 Å². The van der Waals surface area contributed by atoms with Crippen LogP contribution in [0.5, 0.6) is 0 Å². The first-order valence-corrected chi connectivity index (χ1v) is 9.86. The summed E-state index contributed by atoms with van der Waals surface area (Å²) < 4.78 is 7.52. The highest BCUT2D eigenvalue weighted by Gasteiger charge is 2.23. The van der Waals surface area contributed by atoms with Crippen LogP contribution in [-0.2, 0) is 17.8 Å². The SMILES string of the molecule is CCn1cnnc1CNC(=NC)NCC(c1cccs1)N1CCOCC1.I. The van der Waals surface area contributed by atoms with Crippen molar-refractivity contribution in [3.8, 4) is 0 Å². The Balaban J connectivity index is 0.00000261. The van der Waals surface area contributed by atoms with Crippen LogP contribution in [0.25, 0.3) is 0 Å². The van der Waals surface area contributed by atoms with E-state index in [1.165, 1.54) is 4.88 Å². The molecule has 1 fully saturated rings. The van der Waals surface area contributed by atoms with Crippen molar-refractivity contribution in [1.82, 2.24) is 30.3 Å². The lowest BCUT2D eigenvalue weighted by Crippen LogP contribution is -2.46. The minimum Gasteiger partial charge on any atom is -0.379 e. The zero-order chi connectivity index (χ0) is 18.2. The Labute approximate surface area is 181 Å². The van der Waals surface area contributed by atoms with E-state index in [0.717, 1.165) is 51.2 Å². The van der Waals surface area contributed by atoms with E-state index < -0.39 is 0 Å². The molecule has 0 bridgehead atoms. The number of ether oxygens (including phenoxy) is 1. The maximum absolute atomic E-state index is 5.51. The standard InChI is InChI=1S/C17H27N7OS.HI/c1-3-23-13-21-22-16(23)12-20-17(18-2)19-11-14(15-5-4-10-26-15)24-6-8-25-9-7-24;/h4-5,10,13-14H,3,6-9,11-12H2,1-2H3,(H2,18,19,20);1H. The van der Waals surface area contributed by atoms with Gasteiger partial charge in [0.25, 0.3) is 0 Å². The lowest BCUT2D eigenvalue weighted by molar-refractivity contribution is 0.0177. The van der Waals surface area contributed by atoms with Crippen molar-refractivity contribution in [2.75, 3.05) is 39.9 Å². The van der Waals surface area contributed by atoms with Crippen LogP contribution in [0.1, 0.15) is 23.7 Å². The molecule has 2 aromatic rings. The second-order valence-corrected chi connectivity index (χ2v) is 7.00. The van der Waals surface area contributed by atoms with E-state index in [-0.39, 0.29) is 24.0 Å². The zero-order valence-electron chi connectivity index (χ0n) is 15.8. The van der Waals surface area contributed by atoms with E-state index in [1.54, 1.807) is 24.7 Å². The van der Waals surface area contributed by atoms with Crippen LogP contribution in [0.2, 0.25) is 0 Å². The number of nitrogens with one attached hydrogen (secondary N) is 2. The van der Waals surface area contributed by atoms with Crippen molar-refractivity contribution in [3.63, 3.8) is 0 Å². The van der Waals surface area contributed by atoms with Gasteiger partial charge in [0, 0.05) is 38.1 Å². The third-order valence-corrected chi connectivity index (χ3v) is 5.47. The van der Waals surface area contributed by atoms with Crippen LogP contribution >= 0.6 is 35.3 Å². The van der Waals surface area contributed by atoms with Crippen molar-refractivity contribution in [1.29, 1.82) is 0 Å². The average Bonchev–Trinajstić information content (AvgIpc) is 3.37. The van der Waals surface area contributed by atoms with Gasteiger partial charge in [-0.05, 0) is 18.4 Å². The third-order valence-electron chi connectivity index (χ3n) is 4.49. The topological polar surface area (TPSA) is 79.6 Å². The summed E-state index contributed by atoms with van der Waals surface area (Å²) in [5, 5.41) is 17.0. The first kappa shape index (κ1) is 22.1. The molecule has 0 aromatic carbocycles. The number of nitrogens with zero attached hydrogens (tertiary/aromatic N) is 5. The molecule has 0 saturated carbocycles. The molecule has 1 saturated heterocycles. The summed E-state index contributed by atoms with van der Waals surface area (Å²) in [5.74, 6) is 1.67. The largest absolute Gasteiger partial charge is 0.379 e. The molecule has 8 nitrogen and oxygen atoms in total. The third kappa shape index (κ3) is 6.13. The molecule has 3 rings (SSSR count). The summed E-state index contributed by atoms with van der Waals surface area (Å²) in [7, 11) is 1.79. The van der Waals surface area contributed by atoms with Gasteiger partial charge in [0.2, 0.25) is 0 Å². The highest BCUT2D eigenvalue weighted by atomic mass is 127. The van der Waals surface area contributed by atoms with Crippen LogP contribution in [0, 0.1) is 0 Å². The lowest BCUT2D eigenvalue weighted by atomic mass is 10.2. The summed E-state index contributed by atoms with van der Waals surface area (Å²) >= 11 is 1.80.